The Kier molecular flexibility index (Phi) is 2.27. The van der Waals surface area contributed by atoms with E-state index in [2.05, 4.69) is 21.0 Å². The van der Waals surface area contributed by atoms with E-state index in [4.69, 9.17) is 0 Å². The fraction of sp³-hybridized carbons (Fsp3) is 0.600. The molecule has 0 radical (unpaired) electrons. The molecule has 1 heterocycles. The van der Waals surface area contributed by atoms with Gasteiger partial charge in [0.05, 0.1) is 7.11 Å². The van der Waals surface area contributed by atoms with Gasteiger partial charge >= 0.3 is 6.03 Å². The summed E-state index contributed by atoms with van der Waals surface area (Å²) in [7, 11) is 1.34. The minimum atomic E-state index is -0.526. The molecule has 11 heavy (non-hydrogen) atoms. The second kappa shape index (κ2) is 3.20. The van der Waals surface area contributed by atoms with Gasteiger partial charge in [-0.3, -0.25) is 9.63 Å². The van der Waals surface area contributed by atoms with Gasteiger partial charge in [-0.2, -0.15) is 0 Å². The van der Waals surface area contributed by atoms with E-state index in [-0.39, 0.29) is 11.9 Å². The number of hydrogen-bond acceptors (Lipinski definition) is 3. The van der Waals surface area contributed by atoms with Gasteiger partial charge in [0, 0.05) is 6.54 Å². The van der Waals surface area contributed by atoms with Crippen molar-refractivity contribution in [2.75, 3.05) is 13.7 Å². The van der Waals surface area contributed by atoms with Crippen molar-refractivity contribution >= 4 is 11.9 Å². The van der Waals surface area contributed by atoms with Crippen LogP contribution in [0, 0.1) is 0 Å². The number of hydrogen-bond donors (Lipinski definition) is 3. The molecule has 1 aliphatic heterocycles. The molecule has 3 N–H and O–H groups in total. The number of urea groups is 1. The van der Waals surface area contributed by atoms with Crippen molar-refractivity contribution in [2.45, 2.75) is 6.04 Å². The Morgan fingerprint density at radius 3 is 3.00 bits per heavy atom. The molecule has 0 aromatic rings. The van der Waals surface area contributed by atoms with Crippen molar-refractivity contribution < 1.29 is 14.4 Å². The molecule has 6 heteroatoms. The number of rotatable bonds is 2. The Bertz CT molecular complexity index is 182. The van der Waals surface area contributed by atoms with E-state index < -0.39 is 6.04 Å². The molecule has 6 nitrogen and oxygen atoms in total. The summed E-state index contributed by atoms with van der Waals surface area (Å²) in [5.74, 6) is -0.356. The van der Waals surface area contributed by atoms with Gasteiger partial charge in [0.1, 0.15) is 6.04 Å². The van der Waals surface area contributed by atoms with Gasteiger partial charge in [0.2, 0.25) is 0 Å². The van der Waals surface area contributed by atoms with E-state index in [9.17, 15) is 9.59 Å². The fourth-order valence-corrected chi connectivity index (χ4v) is 0.785. The zero-order valence-electron chi connectivity index (χ0n) is 6.01. The van der Waals surface area contributed by atoms with Gasteiger partial charge in [0.15, 0.2) is 0 Å². The quantitative estimate of drug-likeness (QED) is 0.422. The molecule has 0 aromatic carbocycles. The van der Waals surface area contributed by atoms with Crippen LogP contribution in [0.4, 0.5) is 4.79 Å². The van der Waals surface area contributed by atoms with Crippen LogP contribution in [-0.4, -0.2) is 31.6 Å². The molecule has 62 valence electrons. The maximum absolute atomic E-state index is 10.9. The van der Waals surface area contributed by atoms with E-state index in [0.717, 1.165) is 0 Å². The average Bonchev–Trinajstić information content (AvgIpc) is 2.36. The van der Waals surface area contributed by atoms with Crippen molar-refractivity contribution in [3.8, 4) is 0 Å². The summed E-state index contributed by atoms with van der Waals surface area (Å²) in [6, 6.07) is -0.858. The Morgan fingerprint density at radius 2 is 2.55 bits per heavy atom. The first-order valence-electron chi connectivity index (χ1n) is 3.11. The summed E-state index contributed by atoms with van der Waals surface area (Å²) < 4.78 is 0. The highest BCUT2D eigenvalue weighted by Crippen LogP contribution is 1.89. The summed E-state index contributed by atoms with van der Waals surface area (Å²) in [4.78, 5) is 25.8. The Balaban J connectivity index is 2.37. The highest BCUT2D eigenvalue weighted by Gasteiger charge is 2.26. The third kappa shape index (κ3) is 1.81. The minimum Gasteiger partial charge on any atom is -0.336 e. The third-order valence-corrected chi connectivity index (χ3v) is 1.29. The highest BCUT2D eigenvalue weighted by atomic mass is 16.6. The fourth-order valence-electron chi connectivity index (χ4n) is 0.785. The van der Waals surface area contributed by atoms with Crippen molar-refractivity contribution in [3.63, 3.8) is 0 Å². The first kappa shape index (κ1) is 7.80. The Hall–Kier alpha value is -1.30. The minimum absolute atomic E-state index is 0.300. The number of hydroxylamine groups is 1. The molecule has 1 atom stereocenters. The normalized spacial score (nSPS) is 22.3. The number of carbonyl (C=O) groups excluding carboxylic acids is 2. The number of nitrogens with one attached hydrogen (secondary N) is 3. The molecule has 1 rings (SSSR count). The summed E-state index contributed by atoms with van der Waals surface area (Å²) >= 11 is 0. The molecule has 1 saturated heterocycles. The van der Waals surface area contributed by atoms with E-state index in [1.807, 2.05) is 0 Å². The SMILES string of the molecule is CONC(=O)[C@@H]1CNC(=O)N1. The van der Waals surface area contributed by atoms with Gasteiger partial charge in [-0.15, -0.1) is 0 Å². The molecule has 1 aliphatic rings. The largest absolute Gasteiger partial charge is 0.336 e. The molecular weight excluding hydrogens is 150 g/mol. The van der Waals surface area contributed by atoms with Crippen LogP contribution in [0.2, 0.25) is 0 Å². The van der Waals surface area contributed by atoms with Gasteiger partial charge in [-0.1, -0.05) is 0 Å². The van der Waals surface area contributed by atoms with Crippen molar-refractivity contribution in [3.05, 3.63) is 0 Å². The molecular formula is C5H9N3O3. The van der Waals surface area contributed by atoms with E-state index in [1.54, 1.807) is 0 Å². The van der Waals surface area contributed by atoms with Gasteiger partial charge in [0.25, 0.3) is 5.91 Å². The third-order valence-electron chi connectivity index (χ3n) is 1.29. The van der Waals surface area contributed by atoms with Crippen molar-refractivity contribution in [1.82, 2.24) is 16.1 Å². The van der Waals surface area contributed by atoms with Crippen LogP contribution in [0.3, 0.4) is 0 Å². The zero-order valence-corrected chi connectivity index (χ0v) is 6.01. The lowest BCUT2D eigenvalue weighted by Gasteiger charge is -2.06. The van der Waals surface area contributed by atoms with Crippen LogP contribution in [0.5, 0.6) is 0 Å². The topological polar surface area (TPSA) is 79.5 Å². The first-order chi connectivity index (χ1) is 5.24. The molecule has 3 amide bonds. The predicted molar refractivity (Wildman–Crippen MR) is 35.5 cm³/mol. The van der Waals surface area contributed by atoms with Gasteiger partial charge in [-0.25, -0.2) is 10.3 Å². The highest BCUT2D eigenvalue weighted by molar-refractivity contribution is 5.89. The average molecular weight is 159 g/mol. The second-order valence-electron chi connectivity index (χ2n) is 2.08. The van der Waals surface area contributed by atoms with Crippen LogP contribution in [0.25, 0.3) is 0 Å². The molecule has 0 unspecified atom stereocenters. The van der Waals surface area contributed by atoms with E-state index >= 15 is 0 Å². The standard InChI is InChI=1S/C5H9N3O3/c1-11-8-4(9)3-2-6-5(10)7-3/h3H,2H2,1H3,(H,8,9)(H2,6,7,10)/t3-/m0/s1. The molecule has 0 saturated carbocycles. The Labute approximate surface area is 63.2 Å². The van der Waals surface area contributed by atoms with E-state index in [0.29, 0.717) is 6.54 Å². The molecule has 1 fully saturated rings. The maximum Gasteiger partial charge on any atom is 0.315 e. The Morgan fingerprint density at radius 1 is 1.82 bits per heavy atom. The summed E-state index contributed by atoms with van der Waals surface area (Å²) in [5, 5.41) is 4.84. The monoisotopic (exact) mass is 159 g/mol. The lowest BCUT2D eigenvalue weighted by molar-refractivity contribution is -0.132. The zero-order chi connectivity index (χ0) is 8.27. The predicted octanol–water partition coefficient (Wildman–Crippen LogP) is -1.65. The van der Waals surface area contributed by atoms with E-state index in [1.165, 1.54) is 7.11 Å². The molecule has 0 aromatic heterocycles. The summed E-state index contributed by atoms with van der Waals surface area (Å²) in [6.07, 6.45) is 0. The van der Waals surface area contributed by atoms with Crippen LogP contribution in [0.15, 0.2) is 0 Å². The van der Waals surface area contributed by atoms with Gasteiger partial charge < -0.3 is 10.6 Å². The lowest BCUT2D eigenvalue weighted by atomic mass is 10.3. The van der Waals surface area contributed by atoms with Crippen LogP contribution >= 0.6 is 0 Å². The molecule has 0 aliphatic carbocycles. The number of carbonyl (C=O) groups is 2. The van der Waals surface area contributed by atoms with Crippen LogP contribution in [-0.2, 0) is 9.63 Å². The van der Waals surface area contributed by atoms with Crippen molar-refractivity contribution in [2.24, 2.45) is 0 Å². The van der Waals surface area contributed by atoms with Crippen LogP contribution in [0.1, 0.15) is 0 Å². The lowest BCUT2D eigenvalue weighted by Crippen LogP contribution is -2.42. The number of amides is 3. The van der Waals surface area contributed by atoms with Crippen molar-refractivity contribution in [1.29, 1.82) is 0 Å². The summed E-state index contributed by atoms with van der Waals surface area (Å²) in [6.45, 7) is 0.300. The van der Waals surface area contributed by atoms with Crippen LogP contribution < -0.4 is 16.1 Å². The second-order valence-corrected chi connectivity index (χ2v) is 2.08. The van der Waals surface area contributed by atoms with Gasteiger partial charge in [-0.05, 0) is 0 Å². The summed E-state index contributed by atoms with van der Waals surface area (Å²) in [5.41, 5.74) is 2.11. The first-order valence-corrected chi connectivity index (χ1v) is 3.11. The molecule has 0 bridgehead atoms. The molecule has 0 spiro atoms. The smallest absolute Gasteiger partial charge is 0.315 e. The maximum atomic E-state index is 10.9.